The lowest BCUT2D eigenvalue weighted by Crippen LogP contribution is -2.54. The van der Waals surface area contributed by atoms with E-state index in [4.69, 9.17) is 4.74 Å². The van der Waals surface area contributed by atoms with Crippen molar-refractivity contribution in [3.8, 4) is 11.3 Å². The Hall–Kier alpha value is -2.65. The highest BCUT2D eigenvalue weighted by atomic mass is 32.2. The van der Waals surface area contributed by atoms with Crippen molar-refractivity contribution in [2.24, 2.45) is 0 Å². The van der Waals surface area contributed by atoms with Crippen LogP contribution in [0, 0.1) is 24.4 Å². The highest BCUT2D eigenvalue weighted by Gasteiger charge is 2.54. The fraction of sp³-hybridized carbons (Fsp3) is 0.536. The molecule has 2 aromatic heterocycles. The SMILES string of the molecule is CO[C@H]1C[SH]([C@H](c2ncccc2C)C2(O)CCC(F)(F)CC2)[C@H](CO)[C@H](O)[C@@H]1n1cc(-c2cc(F)c(F)c(F)c2)nn1. The Labute approximate surface area is 241 Å². The monoisotopic (exact) mass is 616 g/mol. The summed E-state index contributed by atoms with van der Waals surface area (Å²) in [4.78, 5) is 4.54. The second kappa shape index (κ2) is 11.8. The van der Waals surface area contributed by atoms with Gasteiger partial charge in [0.2, 0.25) is 5.92 Å². The highest BCUT2D eigenvalue weighted by molar-refractivity contribution is 8.18. The molecule has 1 unspecified atom stereocenters. The van der Waals surface area contributed by atoms with Crippen molar-refractivity contribution < 1.29 is 42.0 Å². The second-order valence-corrected chi connectivity index (χ2v) is 13.7. The molecule has 1 aliphatic carbocycles. The lowest BCUT2D eigenvalue weighted by atomic mass is 9.79. The van der Waals surface area contributed by atoms with Crippen LogP contribution >= 0.6 is 10.9 Å². The Morgan fingerprint density at radius 1 is 1.14 bits per heavy atom. The summed E-state index contributed by atoms with van der Waals surface area (Å²) in [6.07, 6.45) is -0.465. The van der Waals surface area contributed by atoms with Gasteiger partial charge in [0.15, 0.2) is 17.5 Å². The van der Waals surface area contributed by atoms with Crippen LogP contribution in [0.5, 0.6) is 0 Å². The molecule has 1 aromatic carbocycles. The Morgan fingerprint density at radius 3 is 2.40 bits per heavy atom. The van der Waals surface area contributed by atoms with Crippen molar-refractivity contribution in [2.45, 2.75) is 72.9 Å². The summed E-state index contributed by atoms with van der Waals surface area (Å²) < 4.78 is 76.6. The normalized spacial score (nSPS) is 28.9. The van der Waals surface area contributed by atoms with Gasteiger partial charge in [0, 0.05) is 42.7 Å². The number of aromatic nitrogens is 4. The number of pyridine rings is 1. The lowest BCUT2D eigenvalue weighted by molar-refractivity contribution is -0.105. The second-order valence-electron chi connectivity index (χ2n) is 11.1. The number of aliphatic hydroxyl groups excluding tert-OH is 2. The van der Waals surface area contributed by atoms with E-state index in [1.54, 1.807) is 12.3 Å². The van der Waals surface area contributed by atoms with Crippen LogP contribution in [-0.4, -0.2) is 83.7 Å². The number of halogens is 5. The van der Waals surface area contributed by atoms with Crippen LogP contribution in [0.2, 0.25) is 0 Å². The molecular formula is C28H33F5N4O4S. The van der Waals surface area contributed by atoms with Crippen molar-refractivity contribution in [3.63, 3.8) is 0 Å². The van der Waals surface area contributed by atoms with Crippen LogP contribution in [0.4, 0.5) is 22.0 Å². The topological polar surface area (TPSA) is 114 Å². The lowest BCUT2D eigenvalue weighted by Gasteiger charge is -2.53. The van der Waals surface area contributed by atoms with E-state index < -0.39 is 88.1 Å². The summed E-state index contributed by atoms with van der Waals surface area (Å²) in [7, 11) is -0.102. The third kappa shape index (κ3) is 5.66. The van der Waals surface area contributed by atoms with Gasteiger partial charge in [-0.25, -0.2) is 37.5 Å². The minimum Gasteiger partial charge on any atom is -0.395 e. The standard InChI is InChI=1S/C28H33F5N4O4S/c1-15-4-3-9-34-23(15)26(27(40)5-7-28(32,33)8-6-27)42-14-20(41-2)24(25(39)21(42)13-38)37-12-19(35-36-37)16-10-17(29)22(31)18(30)11-16/h3-4,9-12,20-21,24-26,38-40,42H,5-8,13-14H2,1-2H3/t20-,21+,24+,25-,26+/m0/s1. The predicted molar refractivity (Wildman–Crippen MR) is 146 cm³/mol. The number of thiol groups is 1. The number of hydrogen-bond acceptors (Lipinski definition) is 7. The molecule has 42 heavy (non-hydrogen) atoms. The van der Waals surface area contributed by atoms with Gasteiger partial charge in [-0.1, -0.05) is 11.3 Å². The zero-order chi connectivity index (χ0) is 30.4. The number of benzene rings is 1. The van der Waals surface area contributed by atoms with Crippen LogP contribution in [0.15, 0.2) is 36.7 Å². The molecule has 1 saturated heterocycles. The molecule has 8 nitrogen and oxygen atoms in total. The maximum atomic E-state index is 14.2. The predicted octanol–water partition coefficient (Wildman–Crippen LogP) is 4.04. The van der Waals surface area contributed by atoms with E-state index in [-0.39, 0.29) is 29.9 Å². The third-order valence-electron chi connectivity index (χ3n) is 8.52. The molecule has 14 heteroatoms. The first kappa shape index (κ1) is 30.8. The largest absolute Gasteiger partial charge is 0.395 e. The van der Waals surface area contributed by atoms with Gasteiger partial charge in [0.05, 0.1) is 41.6 Å². The number of alkyl halides is 2. The summed E-state index contributed by atoms with van der Waals surface area (Å²) in [6.45, 7) is 1.33. The molecular weight excluding hydrogens is 583 g/mol. The molecule has 6 atom stereocenters. The molecule has 3 N–H and O–H groups in total. The Kier molecular flexibility index (Phi) is 8.65. The van der Waals surface area contributed by atoms with Crippen molar-refractivity contribution >= 4 is 10.9 Å². The smallest absolute Gasteiger partial charge is 0.248 e. The summed E-state index contributed by atoms with van der Waals surface area (Å²) >= 11 is 0. The summed E-state index contributed by atoms with van der Waals surface area (Å²) in [5.41, 5.74) is -0.332. The van der Waals surface area contributed by atoms with E-state index in [2.05, 4.69) is 15.3 Å². The summed E-state index contributed by atoms with van der Waals surface area (Å²) in [6, 6.07) is 4.20. The molecule has 3 aromatic rings. The number of rotatable bonds is 7. The number of aryl methyl sites for hydroxylation is 1. The van der Waals surface area contributed by atoms with Crippen LogP contribution in [0.25, 0.3) is 11.3 Å². The third-order valence-corrected chi connectivity index (χ3v) is 12.0. The van der Waals surface area contributed by atoms with Crippen LogP contribution in [-0.2, 0) is 4.74 Å². The van der Waals surface area contributed by atoms with Gasteiger partial charge in [-0.05, 0) is 43.5 Å². The minimum atomic E-state index is -2.90. The van der Waals surface area contributed by atoms with Gasteiger partial charge in [0.1, 0.15) is 11.7 Å². The van der Waals surface area contributed by atoms with Crippen molar-refractivity contribution in [1.29, 1.82) is 0 Å². The average molecular weight is 617 g/mol. The van der Waals surface area contributed by atoms with Crippen LogP contribution in [0.3, 0.4) is 0 Å². The molecule has 0 bridgehead atoms. The number of methoxy groups -OCH3 is 1. The molecule has 1 aliphatic heterocycles. The van der Waals surface area contributed by atoms with Gasteiger partial charge >= 0.3 is 0 Å². The first-order valence-electron chi connectivity index (χ1n) is 13.5. The number of nitrogens with zero attached hydrogens (tertiary/aromatic N) is 4. The summed E-state index contributed by atoms with van der Waals surface area (Å²) in [5.74, 6) is -7.06. The maximum Gasteiger partial charge on any atom is 0.248 e. The highest BCUT2D eigenvalue weighted by Crippen LogP contribution is 2.61. The van der Waals surface area contributed by atoms with E-state index >= 15 is 0 Å². The Bertz CT molecular complexity index is 1400. The maximum absolute atomic E-state index is 14.2. The zero-order valence-corrected chi connectivity index (χ0v) is 23.9. The molecule has 230 valence electrons. The van der Waals surface area contributed by atoms with Crippen LogP contribution in [0.1, 0.15) is 48.2 Å². The van der Waals surface area contributed by atoms with E-state index in [9.17, 15) is 37.3 Å². The van der Waals surface area contributed by atoms with E-state index in [1.807, 2.05) is 13.0 Å². The van der Waals surface area contributed by atoms with Crippen molar-refractivity contribution in [3.05, 3.63) is 65.4 Å². The molecule has 2 aliphatic rings. The Morgan fingerprint density at radius 2 is 1.81 bits per heavy atom. The first-order valence-corrected chi connectivity index (χ1v) is 15.2. The molecule has 0 spiro atoms. The van der Waals surface area contributed by atoms with Crippen molar-refractivity contribution in [1.82, 2.24) is 20.0 Å². The fourth-order valence-corrected chi connectivity index (χ4v) is 10.1. The van der Waals surface area contributed by atoms with Gasteiger partial charge < -0.3 is 20.1 Å². The van der Waals surface area contributed by atoms with Crippen molar-refractivity contribution in [2.75, 3.05) is 19.5 Å². The Balaban J connectivity index is 1.52. The summed E-state index contributed by atoms with van der Waals surface area (Å²) in [5, 5.41) is 40.7. The molecule has 5 rings (SSSR count). The molecule has 3 heterocycles. The molecule has 0 amide bonds. The first-order chi connectivity index (χ1) is 19.9. The molecule has 2 fully saturated rings. The average Bonchev–Trinajstić information content (AvgIpc) is 3.44. The zero-order valence-electron chi connectivity index (χ0n) is 23.0. The van der Waals surface area contributed by atoms with Gasteiger partial charge in [-0.15, -0.1) is 5.10 Å². The van der Waals surface area contributed by atoms with E-state index in [0.29, 0.717) is 5.69 Å². The van der Waals surface area contributed by atoms with Crippen LogP contribution < -0.4 is 0 Å². The van der Waals surface area contributed by atoms with Gasteiger partial charge in [-0.3, -0.25) is 4.98 Å². The molecule has 0 radical (unpaired) electrons. The minimum absolute atomic E-state index is 0.0164. The molecule has 1 saturated carbocycles. The van der Waals surface area contributed by atoms with Gasteiger partial charge in [-0.2, -0.15) is 0 Å². The fourth-order valence-electron chi connectivity index (χ4n) is 6.23. The number of hydrogen-bond donors (Lipinski definition) is 4. The van der Waals surface area contributed by atoms with E-state index in [0.717, 1.165) is 17.7 Å². The number of ether oxygens (including phenoxy) is 1. The van der Waals surface area contributed by atoms with Gasteiger partial charge in [0.25, 0.3) is 0 Å². The van der Waals surface area contributed by atoms with E-state index in [1.165, 1.54) is 18.0 Å². The quantitative estimate of drug-likeness (QED) is 0.180. The number of aliphatic hydroxyl groups is 3.